The third kappa shape index (κ3) is 5.78. The number of hydrogen-bond donors (Lipinski definition) is 1. The number of aromatic nitrogens is 3. The lowest BCUT2D eigenvalue weighted by Gasteiger charge is -2.11. The van der Waals surface area contributed by atoms with Crippen molar-refractivity contribution in [1.29, 1.82) is 0 Å². The summed E-state index contributed by atoms with van der Waals surface area (Å²) in [5.41, 5.74) is 2.34. The van der Waals surface area contributed by atoms with Crippen molar-refractivity contribution in [3.8, 4) is 17.1 Å². The number of carbonyl (C=O) groups is 1. The van der Waals surface area contributed by atoms with Gasteiger partial charge in [0.05, 0.1) is 25.0 Å². The molecule has 4 rings (SSSR count). The molecular weight excluding hydrogens is 439 g/mol. The number of nitrogens with one attached hydrogen (secondary N) is 1. The molecule has 4 aromatic rings. The molecule has 1 heterocycles. The lowest BCUT2D eigenvalue weighted by Crippen LogP contribution is -2.24. The number of amides is 1. The summed E-state index contributed by atoms with van der Waals surface area (Å²) in [6.07, 6.45) is 0. The molecule has 8 heteroatoms. The summed E-state index contributed by atoms with van der Waals surface area (Å²) in [5.74, 6) is 0.826. The molecule has 168 valence electrons. The molecule has 0 unspecified atom stereocenters. The molecular formula is C25H23FN4O2S. The maximum absolute atomic E-state index is 14.5. The molecule has 1 amide bonds. The first kappa shape index (κ1) is 22.5. The Morgan fingerprint density at radius 2 is 1.76 bits per heavy atom. The van der Waals surface area contributed by atoms with Gasteiger partial charge in [0.2, 0.25) is 5.91 Å². The number of methoxy groups -OCH3 is 1. The highest BCUT2D eigenvalue weighted by molar-refractivity contribution is 7.99. The van der Waals surface area contributed by atoms with Crippen LogP contribution in [0.25, 0.3) is 11.4 Å². The van der Waals surface area contributed by atoms with Crippen LogP contribution in [0.4, 0.5) is 4.39 Å². The summed E-state index contributed by atoms with van der Waals surface area (Å²) >= 11 is 1.27. The molecule has 0 saturated carbocycles. The van der Waals surface area contributed by atoms with Gasteiger partial charge in [-0.25, -0.2) is 4.39 Å². The second-order valence-electron chi connectivity index (χ2n) is 7.27. The summed E-state index contributed by atoms with van der Waals surface area (Å²) in [6.45, 7) is 0.860. The van der Waals surface area contributed by atoms with Gasteiger partial charge in [0.15, 0.2) is 11.0 Å². The molecule has 6 nitrogen and oxygen atoms in total. The van der Waals surface area contributed by atoms with Crippen molar-refractivity contribution in [1.82, 2.24) is 20.1 Å². The third-order valence-corrected chi connectivity index (χ3v) is 5.94. The Hall–Kier alpha value is -3.65. The van der Waals surface area contributed by atoms with Crippen molar-refractivity contribution in [3.63, 3.8) is 0 Å². The highest BCUT2D eigenvalue weighted by Gasteiger charge is 2.18. The van der Waals surface area contributed by atoms with E-state index in [4.69, 9.17) is 4.74 Å². The van der Waals surface area contributed by atoms with Crippen LogP contribution >= 0.6 is 11.8 Å². The van der Waals surface area contributed by atoms with E-state index >= 15 is 0 Å². The lowest BCUT2D eigenvalue weighted by atomic mass is 10.2. The third-order valence-electron chi connectivity index (χ3n) is 4.97. The minimum atomic E-state index is -0.369. The molecule has 0 aliphatic carbocycles. The monoisotopic (exact) mass is 462 g/mol. The maximum Gasteiger partial charge on any atom is 0.230 e. The van der Waals surface area contributed by atoms with Gasteiger partial charge < -0.3 is 10.1 Å². The van der Waals surface area contributed by atoms with E-state index < -0.39 is 0 Å². The van der Waals surface area contributed by atoms with Gasteiger partial charge in [-0.1, -0.05) is 66.4 Å². The average molecular weight is 463 g/mol. The van der Waals surface area contributed by atoms with E-state index in [0.717, 1.165) is 16.9 Å². The Morgan fingerprint density at radius 3 is 2.55 bits per heavy atom. The number of thioether (sulfide) groups is 1. The van der Waals surface area contributed by atoms with E-state index in [9.17, 15) is 9.18 Å². The second kappa shape index (κ2) is 10.8. The summed E-state index contributed by atoms with van der Waals surface area (Å²) in [4.78, 5) is 12.5. The van der Waals surface area contributed by atoms with E-state index in [2.05, 4.69) is 15.5 Å². The number of rotatable bonds is 9. The Bertz CT molecular complexity index is 1230. The summed E-state index contributed by atoms with van der Waals surface area (Å²) in [5, 5.41) is 12.0. The van der Waals surface area contributed by atoms with Crippen LogP contribution in [0.5, 0.6) is 5.75 Å². The van der Waals surface area contributed by atoms with Gasteiger partial charge >= 0.3 is 0 Å². The average Bonchev–Trinajstić information content (AvgIpc) is 3.24. The van der Waals surface area contributed by atoms with Crippen molar-refractivity contribution in [2.45, 2.75) is 18.2 Å². The Morgan fingerprint density at radius 1 is 1.00 bits per heavy atom. The number of carbonyl (C=O) groups excluding carboxylic acids is 1. The fourth-order valence-corrected chi connectivity index (χ4v) is 4.08. The molecule has 1 aromatic heterocycles. The summed E-state index contributed by atoms with van der Waals surface area (Å²) < 4.78 is 21.5. The van der Waals surface area contributed by atoms with Gasteiger partial charge in [-0.15, -0.1) is 10.2 Å². The van der Waals surface area contributed by atoms with Crippen molar-refractivity contribution in [3.05, 3.63) is 95.8 Å². The molecule has 0 fully saturated rings. The number of ether oxygens (including phenoxy) is 1. The number of benzene rings is 3. The standard InChI is InChI=1S/C25H23FN4O2S/c1-32-20-11-7-10-19(14-20)15-27-23(31)17-33-25-29-28-24(21-12-5-6-13-22(21)26)30(25)16-18-8-3-2-4-9-18/h2-14H,15-17H2,1H3,(H,27,31). The summed E-state index contributed by atoms with van der Waals surface area (Å²) in [7, 11) is 1.61. The topological polar surface area (TPSA) is 69.0 Å². The number of nitrogens with zero attached hydrogens (tertiary/aromatic N) is 3. The predicted octanol–water partition coefficient (Wildman–Crippen LogP) is 4.55. The summed E-state index contributed by atoms with van der Waals surface area (Å²) in [6, 6.07) is 23.8. The van der Waals surface area contributed by atoms with Crippen LogP contribution in [0.3, 0.4) is 0 Å². The quantitative estimate of drug-likeness (QED) is 0.370. The SMILES string of the molecule is COc1cccc(CNC(=O)CSc2nnc(-c3ccccc3F)n2Cc2ccccc2)c1. The first-order valence-corrected chi connectivity index (χ1v) is 11.4. The minimum absolute atomic E-state index is 0.135. The van der Waals surface area contributed by atoms with Gasteiger partial charge in [-0.05, 0) is 35.4 Å². The molecule has 0 spiro atoms. The van der Waals surface area contributed by atoms with Gasteiger partial charge in [0.25, 0.3) is 0 Å². The van der Waals surface area contributed by atoms with E-state index in [-0.39, 0.29) is 17.5 Å². The zero-order valence-corrected chi connectivity index (χ0v) is 18.9. The Labute approximate surface area is 195 Å². The van der Waals surface area contributed by atoms with Crippen molar-refractivity contribution >= 4 is 17.7 Å². The number of halogens is 1. The first-order chi connectivity index (χ1) is 16.1. The molecule has 0 radical (unpaired) electrons. The minimum Gasteiger partial charge on any atom is -0.497 e. The molecule has 0 saturated heterocycles. The highest BCUT2D eigenvalue weighted by atomic mass is 32.2. The molecule has 0 aliphatic rings. The fraction of sp³-hybridized carbons (Fsp3) is 0.160. The van der Waals surface area contributed by atoms with Crippen molar-refractivity contribution in [2.75, 3.05) is 12.9 Å². The van der Waals surface area contributed by atoms with Crippen LogP contribution in [0.1, 0.15) is 11.1 Å². The van der Waals surface area contributed by atoms with Crippen LogP contribution in [-0.4, -0.2) is 33.5 Å². The zero-order valence-electron chi connectivity index (χ0n) is 18.1. The molecule has 33 heavy (non-hydrogen) atoms. The van der Waals surface area contributed by atoms with Gasteiger partial charge in [0, 0.05) is 6.54 Å². The lowest BCUT2D eigenvalue weighted by molar-refractivity contribution is -0.118. The predicted molar refractivity (Wildman–Crippen MR) is 127 cm³/mol. The van der Waals surface area contributed by atoms with Crippen LogP contribution in [0.2, 0.25) is 0 Å². The first-order valence-electron chi connectivity index (χ1n) is 10.4. The van der Waals surface area contributed by atoms with Crippen LogP contribution in [-0.2, 0) is 17.9 Å². The Kier molecular flexibility index (Phi) is 7.36. The van der Waals surface area contributed by atoms with E-state index in [0.29, 0.717) is 29.6 Å². The normalized spacial score (nSPS) is 10.7. The maximum atomic E-state index is 14.5. The Balaban J connectivity index is 1.48. The molecule has 0 atom stereocenters. The largest absolute Gasteiger partial charge is 0.497 e. The van der Waals surface area contributed by atoms with Crippen molar-refractivity contribution in [2.24, 2.45) is 0 Å². The van der Waals surface area contributed by atoms with Crippen LogP contribution in [0.15, 0.2) is 84.0 Å². The van der Waals surface area contributed by atoms with E-state index in [1.54, 1.807) is 25.3 Å². The molecule has 1 N–H and O–H groups in total. The van der Waals surface area contributed by atoms with Crippen LogP contribution < -0.4 is 10.1 Å². The number of hydrogen-bond acceptors (Lipinski definition) is 5. The zero-order chi connectivity index (χ0) is 23.0. The van der Waals surface area contributed by atoms with Crippen LogP contribution in [0, 0.1) is 5.82 Å². The van der Waals surface area contributed by atoms with Gasteiger partial charge in [-0.3, -0.25) is 9.36 Å². The smallest absolute Gasteiger partial charge is 0.230 e. The van der Waals surface area contributed by atoms with E-state index in [1.807, 2.05) is 59.2 Å². The van der Waals surface area contributed by atoms with Crippen molar-refractivity contribution < 1.29 is 13.9 Å². The second-order valence-corrected chi connectivity index (χ2v) is 8.22. The fourth-order valence-electron chi connectivity index (χ4n) is 3.31. The molecule has 0 aliphatic heterocycles. The van der Waals surface area contributed by atoms with Gasteiger partial charge in [-0.2, -0.15) is 0 Å². The van der Waals surface area contributed by atoms with Gasteiger partial charge in [0.1, 0.15) is 11.6 Å². The van der Waals surface area contributed by atoms with E-state index in [1.165, 1.54) is 17.8 Å². The molecule has 0 bridgehead atoms. The molecule has 3 aromatic carbocycles. The highest BCUT2D eigenvalue weighted by Crippen LogP contribution is 2.27.